The molecule has 0 aliphatic carbocycles. The molecular weight excluding hydrogens is 791 g/mol. The molecule has 2 heteroatoms. The van der Waals surface area contributed by atoms with Gasteiger partial charge in [-0.25, -0.2) is 0 Å². The van der Waals surface area contributed by atoms with E-state index in [2.05, 4.69) is 241 Å². The van der Waals surface area contributed by atoms with Crippen LogP contribution >= 0.6 is 11.3 Å². The summed E-state index contributed by atoms with van der Waals surface area (Å²) in [5.41, 5.74) is 10.8. The van der Waals surface area contributed by atoms with E-state index in [1.165, 1.54) is 113 Å². The van der Waals surface area contributed by atoms with Crippen molar-refractivity contribution < 1.29 is 0 Å². The van der Waals surface area contributed by atoms with E-state index in [9.17, 15) is 0 Å². The van der Waals surface area contributed by atoms with Gasteiger partial charge in [-0.1, -0.05) is 188 Å². The van der Waals surface area contributed by atoms with Crippen LogP contribution in [-0.4, -0.2) is 0 Å². The van der Waals surface area contributed by atoms with Crippen molar-refractivity contribution in [3.63, 3.8) is 0 Å². The molecule has 1 aromatic heterocycles. The molecule has 0 fully saturated rings. The first-order valence-electron chi connectivity index (χ1n) is 22.0. The van der Waals surface area contributed by atoms with Gasteiger partial charge in [0.15, 0.2) is 0 Å². The van der Waals surface area contributed by atoms with E-state index in [1.807, 2.05) is 11.3 Å². The summed E-state index contributed by atoms with van der Waals surface area (Å²) in [5, 5.41) is 15.0. The van der Waals surface area contributed by atoms with Gasteiger partial charge >= 0.3 is 0 Å². The van der Waals surface area contributed by atoms with Gasteiger partial charge in [-0.2, -0.15) is 0 Å². The molecular formula is C62H39NS. The lowest BCUT2D eigenvalue weighted by Gasteiger charge is -2.28. The molecule has 0 amide bonds. The molecule has 0 saturated heterocycles. The first-order chi connectivity index (χ1) is 31.7. The van der Waals surface area contributed by atoms with E-state index in [0.29, 0.717) is 0 Å². The number of rotatable bonds is 6. The van der Waals surface area contributed by atoms with Crippen molar-refractivity contribution in [2.75, 3.05) is 4.90 Å². The van der Waals surface area contributed by atoms with Gasteiger partial charge < -0.3 is 4.90 Å². The minimum Gasteiger partial charge on any atom is -0.309 e. The standard InChI is InChI=1S/C62H39NS/c1-2-14-41(15-3-1)50-34-35-51(55-22-9-8-21-54(50)55)42-29-31-47(32-30-42)63(62-52-19-7-5-17-44(52)39-60-61(62)57-24-12-13-25-59(57)64-60)48-33-28-40-26-27-45(36-46(40)37-48)58-38-43-16-4-6-18-49(43)53-20-10-11-23-56(53)58/h1-39H. The highest BCUT2D eigenvalue weighted by molar-refractivity contribution is 7.26. The lowest BCUT2D eigenvalue weighted by Crippen LogP contribution is -2.11. The van der Waals surface area contributed by atoms with Crippen LogP contribution in [0.1, 0.15) is 0 Å². The number of anilines is 3. The minimum atomic E-state index is 1.11. The summed E-state index contributed by atoms with van der Waals surface area (Å²) in [4.78, 5) is 2.52. The van der Waals surface area contributed by atoms with Crippen molar-refractivity contribution >= 4 is 102 Å². The molecule has 1 nitrogen and oxygen atoms in total. The van der Waals surface area contributed by atoms with Crippen LogP contribution in [0.3, 0.4) is 0 Å². The van der Waals surface area contributed by atoms with E-state index in [4.69, 9.17) is 0 Å². The van der Waals surface area contributed by atoms with Crippen LogP contribution in [0, 0.1) is 0 Å². The van der Waals surface area contributed by atoms with Crippen LogP contribution in [-0.2, 0) is 0 Å². The zero-order valence-corrected chi connectivity index (χ0v) is 35.7. The summed E-state index contributed by atoms with van der Waals surface area (Å²) in [7, 11) is 0. The van der Waals surface area contributed by atoms with Crippen LogP contribution in [0.2, 0.25) is 0 Å². The molecule has 0 bridgehead atoms. The second kappa shape index (κ2) is 14.8. The van der Waals surface area contributed by atoms with E-state index < -0.39 is 0 Å². The Kier molecular flexibility index (Phi) is 8.47. The fraction of sp³-hybridized carbons (Fsp3) is 0. The van der Waals surface area contributed by atoms with Crippen molar-refractivity contribution in [3.8, 4) is 33.4 Å². The van der Waals surface area contributed by atoms with E-state index in [-0.39, 0.29) is 0 Å². The van der Waals surface area contributed by atoms with Crippen LogP contribution in [0.15, 0.2) is 237 Å². The highest BCUT2D eigenvalue weighted by atomic mass is 32.1. The average molecular weight is 830 g/mol. The van der Waals surface area contributed by atoms with Gasteiger partial charge in [0.05, 0.1) is 5.69 Å². The molecule has 0 saturated carbocycles. The average Bonchev–Trinajstić information content (AvgIpc) is 3.74. The number of benzene rings is 12. The fourth-order valence-electron chi connectivity index (χ4n) is 10.2. The molecule has 13 aromatic rings. The van der Waals surface area contributed by atoms with Crippen LogP contribution in [0.5, 0.6) is 0 Å². The molecule has 0 aliphatic heterocycles. The molecule has 0 atom stereocenters. The SMILES string of the molecule is c1ccc(-c2ccc(-c3ccc(N(c4ccc5ccc(-c6cc7ccccc7c7ccccc67)cc5c4)c4c5ccccc5cc5sc6ccccc6c45)cc3)c3ccccc23)cc1. The Morgan fingerprint density at radius 2 is 0.797 bits per heavy atom. The Labute approximate surface area is 375 Å². The van der Waals surface area contributed by atoms with Gasteiger partial charge in [0, 0.05) is 36.9 Å². The van der Waals surface area contributed by atoms with Crippen molar-refractivity contribution in [3.05, 3.63) is 237 Å². The third-order valence-electron chi connectivity index (χ3n) is 13.2. The summed E-state index contributed by atoms with van der Waals surface area (Å²) < 4.78 is 2.58. The largest absolute Gasteiger partial charge is 0.309 e. The van der Waals surface area contributed by atoms with Gasteiger partial charge in [-0.05, 0) is 130 Å². The summed E-state index contributed by atoms with van der Waals surface area (Å²) in [6, 6.07) is 87.4. The molecule has 0 spiro atoms. The lowest BCUT2D eigenvalue weighted by atomic mass is 9.92. The topological polar surface area (TPSA) is 3.24 Å². The Morgan fingerprint density at radius 3 is 1.53 bits per heavy atom. The quantitative estimate of drug-likeness (QED) is 0.151. The fourth-order valence-corrected chi connectivity index (χ4v) is 11.4. The molecule has 0 radical (unpaired) electrons. The zero-order valence-electron chi connectivity index (χ0n) is 34.9. The first-order valence-corrected chi connectivity index (χ1v) is 22.8. The lowest BCUT2D eigenvalue weighted by molar-refractivity contribution is 1.32. The maximum Gasteiger partial charge on any atom is 0.0633 e. The predicted molar refractivity (Wildman–Crippen MR) is 278 cm³/mol. The Hall–Kier alpha value is -8.04. The third kappa shape index (κ3) is 5.91. The third-order valence-corrected chi connectivity index (χ3v) is 14.3. The molecule has 0 aliphatic rings. The molecule has 1 heterocycles. The molecule has 12 aromatic carbocycles. The normalized spacial score (nSPS) is 11.8. The number of nitrogens with zero attached hydrogens (tertiary/aromatic N) is 1. The smallest absolute Gasteiger partial charge is 0.0633 e. The molecule has 64 heavy (non-hydrogen) atoms. The second-order valence-electron chi connectivity index (χ2n) is 16.8. The van der Waals surface area contributed by atoms with E-state index in [1.54, 1.807) is 0 Å². The van der Waals surface area contributed by atoms with Crippen LogP contribution < -0.4 is 4.90 Å². The van der Waals surface area contributed by atoms with Gasteiger partial charge in [0.1, 0.15) is 0 Å². The molecule has 0 N–H and O–H groups in total. The monoisotopic (exact) mass is 829 g/mol. The minimum absolute atomic E-state index is 1.11. The van der Waals surface area contributed by atoms with Crippen molar-refractivity contribution in [2.45, 2.75) is 0 Å². The Morgan fingerprint density at radius 1 is 0.266 bits per heavy atom. The van der Waals surface area contributed by atoms with Crippen molar-refractivity contribution in [1.82, 2.24) is 0 Å². The molecule has 0 unspecified atom stereocenters. The number of hydrogen-bond acceptors (Lipinski definition) is 2. The molecule has 298 valence electrons. The van der Waals surface area contributed by atoms with Crippen LogP contribution in [0.25, 0.3) is 107 Å². The van der Waals surface area contributed by atoms with Crippen molar-refractivity contribution in [1.29, 1.82) is 0 Å². The van der Waals surface area contributed by atoms with Gasteiger partial charge in [0.25, 0.3) is 0 Å². The van der Waals surface area contributed by atoms with Gasteiger partial charge in [-0.15, -0.1) is 11.3 Å². The second-order valence-corrected chi connectivity index (χ2v) is 17.9. The van der Waals surface area contributed by atoms with Gasteiger partial charge in [0.2, 0.25) is 0 Å². The van der Waals surface area contributed by atoms with E-state index >= 15 is 0 Å². The highest BCUT2D eigenvalue weighted by Crippen LogP contribution is 2.50. The maximum absolute atomic E-state index is 2.52. The summed E-state index contributed by atoms with van der Waals surface area (Å²) in [5.74, 6) is 0. The van der Waals surface area contributed by atoms with Gasteiger partial charge in [-0.3, -0.25) is 0 Å². The first kappa shape index (κ1) is 36.6. The number of fused-ring (bicyclic) bond motifs is 9. The number of thiophene rings is 1. The number of hydrogen-bond donors (Lipinski definition) is 0. The maximum atomic E-state index is 2.52. The Balaban J connectivity index is 1.02. The zero-order chi connectivity index (χ0) is 42.1. The summed E-state index contributed by atoms with van der Waals surface area (Å²) in [6.07, 6.45) is 0. The van der Waals surface area contributed by atoms with Crippen molar-refractivity contribution in [2.24, 2.45) is 0 Å². The molecule has 13 rings (SSSR count). The van der Waals surface area contributed by atoms with E-state index in [0.717, 1.165) is 11.4 Å². The summed E-state index contributed by atoms with van der Waals surface area (Å²) >= 11 is 1.88. The van der Waals surface area contributed by atoms with Crippen LogP contribution in [0.4, 0.5) is 17.1 Å². The highest BCUT2D eigenvalue weighted by Gasteiger charge is 2.23. The Bertz CT molecular complexity index is 3960. The summed E-state index contributed by atoms with van der Waals surface area (Å²) in [6.45, 7) is 0. The predicted octanol–water partition coefficient (Wildman–Crippen LogP) is 18.3.